The molecule has 3 amide bonds. The number of pyridine rings is 1. The molecule has 2 saturated heterocycles. The zero-order valence-electron chi connectivity index (χ0n) is 14.9. The van der Waals surface area contributed by atoms with E-state index in [2.05, 4.69) is 0 Å². The van der Waals surface area contributed by atoms with Gasteiger partial charge < -0.3 is 20.7 Å². The summed E-state index contributed by atoms with van der Waals surface area (Å²) in [6.07, 6.45) is 4.49. The van der Waals surface area contributed by atoms with Gasteiger partial charge in [-0.25, -0.2) is 0 Å². The van der Waals surface area contributed by atoms with E-state index in [0.29, 0.717) is 17.7 Å². The molecular formula is C18H21N4O5. The number of Topliss-reactive ketones (excluding diaryl/α,β-unsaturated/α-hetero) is 1. The van der Waals surface area contributed by atoms with Gasteiger partial charge in [0.15, 0.2) is 18.2 Å². The first-order chi connectivity index (χ1) is 12.8. The molecule has 2 aliphatic heterocycles. The summed E-state index contributed by atoms with van der Waals surface area (Å²) in [7, 11) is 0. The van der Waals surface area contributed by atoms with Crippen LogP contribution in [0.1, 0.15) is 30.1 Å². The maximum Gasteiger partial charge on any atom is 0.260 e. The first-order valence-corrected chi connectivity index (χ1v) is 8.75. The lowest BCUT2D eigenvalue weighted by molar-refractivity contribution is -0.605. The molecule has 3 atom stereocenters. The predicted octanol–water partition coefficient (Wildman–Crippen LogP) is -0.970. The maximum atomic E-state index is 12.7. The average molecular weight is 373 g/mol. The van der Waals surface area contributed by atoms with Crippen LogP contribution in [0.3, 0.4) is 0 Å². The quantitative estimate of drug-likeness (QED) is 0.525. The Balaban J connectivity index is 1.70. The van der Waals surface area contributed by atoms with Gasteiger partial charge in [-0.15, -0.1) is 0 Å². The number of fused-ring (bicyclic) bond motifs is 1. The first-order valence-electron chi connectivity index (χ1n) is 8.75. The number of amides is 3. The van der Waals surface area contributed by atoms with Crippen LogP contribution in [0.2, 0.25) is 0 Å². The van der Waals surface area contributed by atoms with Crippen molar-refractivity contribution in [3.05, 3.63) is 41.7 Å². The van der Waals surface area contributed by atoms with Crippen molar-refractivity contribution in [2.45, 2.75) is 31.8 Å². The summed E-state index contributed by atoms with van der Waals surface area (Å²) in [5, 5.41) is 11.4. The number of hydrogen-bond acceptors (Lipinski definition) is 5. The average Bonchev–Trinajstić information content (AvgIpc) is 3.20. The minimum absolute atomic E-state index is 0.0939. The highest BCUT2D eigenvalue weighted by atomic mass is 16.5. The molecule has 2 N–H and O–H groups in total. The fraction of sp³-hybridized carbons (Fsp3) is 0.444. The Morgan fingerprint density at radius 2 is 2.15 bits per heavy atom. The van der Waals surface area contributed by atoms with Gasteiger partial charge in [-0.2, -0.15) is 4.73 Å². The zero-order chi connectivity index (χ0) is 19.7. The molecule has 0 bridgehead atoms. The number of nitrogens with two attached hydrogens (primary N) is 1. The molecule has 0 spiro atoms. The second kappa shape index (κ2) is 7.34. The number of ketones is 1. The molecule has 9 nitrogen and oxygen atoms in total. The monoisotopic (exact) mass is 373 g/mol. The lowest BCUT2D eigenvalue weighted by Gasteiger charge is -2.24. The highest BCUT2D eigenvalue weighted by Gasteiger charge is 2.51. The van der Waals surface area contributed by atoms with Crippen LogP contribution in [0.4, 0.5) is 0 Å². The molecule has 0 aliphatic carbocycles. The number of primary amides is 1. The molecule has 1 aromatic heterocycles. The molecule has 1 aromatic rings. The van der Waals surface area contributed by atoms with Crippen molar-refractivity contribution in [3.8, 4) is 0 Å². The van der Waals surface area contributed by atoms with Gasteiger partial charge in [0.25, 0.3) is 5.91 Å². The Kier molecular flexibility index (Phi) is 5.11. The summed E-state index contributed by atoms with van der Waals surface area (Å²) in [5.41, 5.74) is 5.40. The van der Waals surface area contributed by atoms with Gasteiger partial charge in [0, 0.05) is 18.5 Å². The third-order valence-electron chi connectivity index (χ3n) is 5.12. The smallest absolute Gasteiger partial charge is 0.260 e. The van der Waals surface area contributed by atoms with Crippen LogP contribution in [0.25, 0.3) is 0 Å². The third kappa shape index (κ3) is 3.62. The number of likely N-dealkylation sites (tertiary alicyclic amines) is 2. The van der Waals surface area contributed by atoms with E-state index in [9.17, 15) is 24.4 Å². The Morgan fingerprint density at radius 3 is 2.81 bits per heavy atom. The second-order valence-corrected chi connectivity index (χ2v) is 6.93. The van der Waals surface area contributed by atoms with Crippen molar-refractivity contribution in [2.24, 2.45) is 11.7 Å². The van der Waals surface area contributed by atoms with Crippen molar-refractivity contribution in [1.82, 2.24) is 9.80 Å². The van der Waals surface area contributed by atoms with Crippen LogP contribution in [-0.2, 0) is 14.4 Å². The van der Waals surface area contributed by atoms with Crippen LogP contribution in [-0.4, -0.2) is 58.5 Å². The van der Waals surface area contributed by atoms with Gasteiger partial charge in [0.05, 0.1) is 19.0 Å². The molecule has 3 rings (SSSR count). The highest BCUT2D eigenvalue weighted by molar-refractivity contribution is 6.02. The number of carbonyl (C=O) groups excluding carboxylic acids is 4. The largest absolute Gasteiger partial charge is 0.619 e. The molecule has 3 heterocycles. The molecule has 9 heteroatoms. The fourth-order valence-electron chi connectivity index (χ4n) is 3.60. The van der Waals surface area contributed by atoms with Gasteiger partial charge >= 0.3 is 0 Å². The summed E-state index contributed by atoms with van der Waals surface area (Å²) < 4.78 is 0.530. The molecule has 0 saturated carbocycles. The Bertz CT molecular complexity index is 796. The number of carbonyl (C=O) groups is 4. The van der Waals surface area contributed by atoms with Crippen LogP contribution < -0.4 is 10.5 Å². The van der Waals surface area contributed by atoms with Crippen molar-refractivity contribution in [2.75, 3.05) is 13.1 Å². The fourth-order valence-corrected chi connectivity index (χ4v) is 3.60. The van der Waals surface area contributed by atoms with Gasteiger partial charge in [-0.3, -0.25) is 19.2 Å². The highest BCUT2D eigenvalue weighted by Crippen LogP contribution is 2.31. The molecule has 0 aromatic carbocycles. The molecule has 2 fully saturated rings. The van der Waals surface area contributed by atoms with Crippen LogP contribution in [0, 0.1) is 17.5 Å². The second-order valence-electron chi connectivity index (χ2n) is 6.93. The maximum absolute atomic E-state index is 12.7. The Morgan fingerprint density at radius 1 is 1.41 bits per heavy atom. The minimum Gasteiger partial charge on any atom is -0.619 e. The summed E-state index contributed by atoms with van der Waals surface area (Å²) in [6, 6.07) is 1.89. The first kappa shape index (κ1) is 18.8. The standard InChI is InChI=1S/C18H21N4O5/c1-11(17(19)25)4-5-15(24)21-8-6-13-16(21)14(23)10-22(13)18(26)12-3-2-7-20(27)9-12/h2-3,5,7,9,11,13,16H,4,6,8,10H2,1H3,(H2,19,25). The van der Waals surface area contributed by atoms with Gasteiger partial charge in [0.2, 0.25) is 11.8 Å². The van der Waals surface area contributed by atoms with Crippen molar-refractivity contribution in [3.63, 3.8) is 0 Å². The summed E-state index contributed by atoms with van der Waals surface area (Å²) in [4.78, 5) is 51.7. The summed E-state index contributed by atoms with van der Waals surface area (Å²) in [5.74, 6) is -1.91. The van der Waals surface area contributed by atoms with Gasteiger partial charge in [-0.1, -0.05) is 6.92 Å². The molecule has 1 radical (unpaired) electrons. The number of aromatic nitrogens is 1. The lowest BCUT2D eigenvalue weighted by Crippen LogP contribution is -2.44. The van der Waals surface area contributed by atoms with E-state index in [1.54, 1.807) is 6.92 Å². The minimum atomic E-state index is -0.690. The summed E-state index contributed by atoms with van der Waals surface area (Å²) in [6.45, 7) is 1.88. The van der Waals surface area contributed by atoms with E-state index in [0.717, 1.165) is 6.20 Å². The zero-order valence-corrected chi connectivity index (χ0v) is 14.9. The molecule has 143 valence electrons. The van der Waals surface area contributed by atoms with E-state index in [1.165, 1.54) is 34.6 Å². The SMILES string of the molecule is CC(C[CH]C(=O)N1CCC2C1C(=O)CN2C(=O)c1ccc[n+]([O-])c1)C(N)=O. The van der Waals surface area contributed by atoms with Crippen LogP contribution in [0.15, 0.2) is 24.5 Å². The number of hydrogen-bond donors (Lipinski definition) is 1. The molecule has 2 aliphatic rings. The van der Waals surface area contributed by atoms with E-state index < -0.39 is 29.8 Å². The Hall–Kier alpha value is -2.97. The van der Waals surface area contributed by atoms with Crippen LogP contribution >= 0.6 is 0 Å². The topological polar surface area (TPSA) is 128 Å². The van der Waals surface area contributed by atoms with Crippen molar-refractivity contribution in [1.29, 1.82) is 0 Å². The predicted molar refractivity (Wildman–Crippen MR) is 92.6 cm³/mol. The van der Waals surface area contributed by atoms with Crippen molar-refractivity contribution >= 4 is 23.5 Å². The molecule has 27 heavy (non-hydrogen) atoms. The van der Waals surface area contributed by atoms with E-state index >= 15 is 0 Å². The Labute approximate surface area is 156 Å². The third-order valence-corrected chi connectivity index (χ3v) is 5.12. The van der Waals surface area contributed by atoms with E-state index in [4.69, 9.17) is 5.73 Å². The molecule has 3 unspecified atom stereocenters. The van der Waals surface area contributed by atoms with Gasteiger partial charge in [0.1, 0.15) is 11.6 Å². The number of rotatable bonds is 5. The molecular weight excluding hydrogens is 352 g/mol. The van der Waals surface area contributed by atoms with E-state index in [1.807, 2.05) is 0 Å². The lowest BCUT2D eigenvalue weighted by atomic mass is 10.0. The van der Waals surface area contributed by atoms with Crippen LogP contribution in [0.5, 0.6) is 0 Å². The summed E-state index contributed by atoms with van der Waals surface area (Å²) >= 11 is 0. The van der Waals surface area contributed by atoms with Crippen molar-refractivity contribution < 1.29 is 23.9 Å². The normalized spacial score (nSPS) is 22.6. The van der Waals surface area contributed by atoms with E-state index in [-0.39, 0.29) is 30.2 Å². The number of nitrogens with zero attached hydrogens (tertiary/aromatic N) is 3. The van der Waals surface area contributed by atoms with Gasteiger partial charge in [-0.05, 0) is 18.9 Å².